The second-order valence-corrected chi connectivity index (χ2v) is 4.07. The fourth-order valence-electron chi connectivity index (χ4n) is 1.49. The molecule has 2 N–H and O–H groups in total. The van der Waals surface area contributed by atoms with Gasteiger partial charge in [0.05, 0.1) is 11.0 Å². The molecule has 0 aromatic heterocycles. The van der Waals surface area contributed by atoms with Crippen LogP contribution in [0.3, 0.4) is 0 Å². The minimum atomic E-state index is -0.375. The zero-order valence-corrected chi connectivity index (χ0v) is 10.1. The van der Waals surface area contributed by atoms with Gasteiger partial charge in [-0.1, -0.05) is 19.1 Å². The number of aliphatic hydroxyl groups excluding tert-OH is 1. The average Bonchev–Trinajstić information content (AvgIpc) is 2.30. The molecule has 94 valence electrons. The molecule has 1 aromatic rings. The number of rotatable bonds is 6. The monoisotopic (exact) mass is 238 g/mol. The number of aryl methyl sites for hydroxylation is 1. The van der Waals surface area contributed by atoms with Crippen molar-refractivity contribution in [2.24, 2.45) is 0 Å². The van der Waals surface area contributed by atoms with Crippen molar-refractivity contribution in [1.82, 2.24) is 5.32 Å². The van der Waals surface area contributed by atoms with E-state index in [4.69, 9.17) is 0 Å². The fourth-order valence-corrected chi connectivity index (χ4v) is 1.49. The van der Waals surface area contributed by atoms with E-state index in [1.165, 1.54) is 0 Å². The maximum atomic E-state index is 10.7. The molecule has 0 spiro atoms. The summed E-state index contributed by atoms with van der Waals surface area (Å²) in [5, 5.41) is 23.2. The van der Waals surface area contributed by atoms with Crippen LogP contribution in [-0.4, -0.2) is 22.7 Å². The molecule has 0 aliphatic heterocycles. The van der Waals surface area contributed by atoms with Crippen LogP contribution in [0.4, 0.5) is 5.69 Å². The van der Waals surface area contributed by atoms with Crippen LogP contribution in [0.25, 0.3) is 0 Å². The Balaban J connectivity index is 2.60. The molecule has 1 rings (SSSR count). The van der Waals surface area contributed by atoms with Crippen molar-refractivity contribution in [3.8, 4) is 0 Å². The topological polar surface area (TPSA) is 75.4 Å². The maximum Gasteiger partial charge on any atom is 0.272 e. The summed E-state index contributed by atoms with van der Waals surface area (Å²) >= 11 is 0. The van der Waals surface area contributed by atoms with Crippen LogP contribution in [0.2, 0.25) is 0 Å². The first-order chi connectivity index (χ1) is 8.04. The molecule has 1 unspecified atom stereocenters. The number of nitro groups is 1. The number of nitrogens with zero attached hydrogens (tertiary/aromatic N) is 1. The smallest absolute Gasteiger partial charge is 0.272 e. The van der Waals surface area contributed by atoms with Crippen molar-refractivity contribution in [2.75, 3.05) is 6.54 Å². The van der Waals surface area contributed by atoms with Crippen molar-refractivity contribution < 1.29 is 10.0 Å². The lowest BCUT2D eigenvalue weighted by molar-refractivity contribution is -0.385. The maximum absolute atomic E-state index is 10.7. The van der Waals surface area contributed by atoms with Gasteiger partial charge >= 0.3 is 0 Å². The lowest BCUT2D eigenvalue weighted by Crippen LogP contribution is -2.25. The van der Waals surface area contributed by atoms with E-state index in [0.29, 0.717) is 25.1 Å². The van der Waals surface area contributed by atoms with Crippen molar-refractivity contribution in [3.63, 3.8) is 0 Å². The third-order valence-corrected chi connectivity index (χ3v) is 2.65. The lowest BCUT2D eigenvalue weighted by atomic mass is 10.1. The van der Waals surface area contributed by atoms with Gasteiger partial charge in [0.25, 0.3) is 5.69 Å². The van der Waals surface area contributed by atoms with Gasteiger partial charge in [0, 0.05) is 24.7 Å². The average molecular weight is 238 g/mol. The van der Waals surface area contributed by atoms with Gasteiger partial charge in [0.2, 0.25) is 0 Å². The van der Waals surface area contributed by atoms with Gasteiger partial charge in [-0.2, -0.15) is 0 Å². The number of aliphatic hydroxyl groups is 1. The molecule has 0 saturated carbocycles. The van der Waals surface area contributed by atoms with E-state index < -0.39 is 0 Å². The second kappa shape index (κ2) is 6.32. The minimum absolute atomic E-state index is 0.139. The first kappa shape index (κ1) is 13.6. The molecule has 0 aliphatic carbocycles. The standard InChI is InChI=1S/C12H18N2O3/c1-3-11(15)8-13-7-10-5-4-9(2)12(6-10)14(16)17/h4-6,11,13,15H,3,7-8H2,1-2H3. The van der Waals surface area contributed by atoms with E-state index in [-0.39, 0.29) is 16.7 Å². The first-order valence-electron chi connectivity index (χ1n) is 5.67. The summed E-state index contributed by atoms with van der Waals surface area (Å²) in [6.07, 6.45) is 0.330. The van der Waals surface area contributed by atoms with E-state index in [9.17, 15) is 15.2 Å². The molecule has 5 nitrogen and oxygen atoms in total. The molecule has 0 bridgehead atoms. The highest BCUT2D eigenvalue weighted by atomic mass is 16.6. The van der Waals surface area contributed by atoms with E-state index in [2.05, 4.69) is 5.32 Å². The summed E-state index contributed by atoms with van der Waals surface area (Å²) in [5.41, 5.74) is 1.65. The van der Waals surface area contributed by atoms with Crippen molar-refractivity contribution in [3.05, 3.63) is 39.4 Å². The quantitative estimate of drug-likeness (QED) is 0.585. The van der Waals surface area contributed by atoms with E-state index in [1.807, 2.05) is 13.0 Å². The molecule has 0 radical (unpaired) electrons. The van der Waals surface area contributed by atoms with Crippen LogP contribution in [-0.2, 0) is 6.54 Å². The number of benzene rings is 1. The molecule has 1 atom stereocenters. The Morgan fingerprint density at radius 3 is 2.82 bits per heavy atom. The van der Waals surface area contributed by atoms with Crippen LogP contribution in [0.15, 0.2) is 18.2 Å². The molecular weight excluding hydrogens is 220 g/mol. The summed E-state index contributed by atoms with van der Waals surface area (Å²) in [6.45, 7) is 4.65. The number of nitrogens with one attached hydrogen (secondary N) is 1. The molecular formula is C12H18N2O3. The van der Waals surface area contributed by atoms with Gasteiger partial charge in [0.15, 0.2) is 0 Å². The first-order valence-corrected chi connectivity index (χ1v) is 5.67. The summed E-state index contributed by atoms with van der Waals surface area (Å²) in [4.78, 5) is 10.4. The van der Waals surface area contributed by atoms with Crippen LogP contribution in [0.1, 0.15) is 24.5 Å². The Morgan fingerprint density at radius 2 is 2.24 bits per heavy atom. The molecule has 5 heteroatoms. The van der Waals surface area contributed by atoms with E-state index >= 15 is 0 Å². The molecule has 0 amide bonds. The van der Waals surface area contributed by atoms with Gasteiger partial charge in [0.1, 0.15) is 0 Å². The SMILES string of the molecule is CCC(O)CNCc1ccc(C)c([N+](=O)[O-])c1. The van der Waals surface area contributed by atoms with Gasteiger partial charge in [-0.15, -0.1) is 0 Å². The Bertz CT molecular complexity index is 393. The largest absolute Gasteiger partial charge is 0.392 e. The predicted octanol–water partition coefficient (Wildman–Crippen LogP) is 1.76. The summed E-state index contributed by atoms with van der Waals surface area (Å²) in [5.74, 6) is 0. The highest BCUT2D eigenvalue weighted by Crippen LogP contribution is 2.18. The van der Waals surface area contributed by atoms with Crippen LogP contribution in [0, 0.1) is 17.0 Å². The normalized spacial score (nSPS) is 12.4. The van der Waals surface area contributed by atoms with Crippen molar-refractivity contribution >= 4 is 5.69 Å². The number of hydrogen-bond acceptors (Lipinski definition) is 4. The van der Waals surface area contributed by atoms with E-state index in [1.54, 1.807) is 19.1 Å². The lowest BCUT2D eigenvalue weighted by Gasteiger charge is -2.09. The Kier molecular flexibility index (Phi) is 5.06. The molecule has 1 aromatic carbocycles. The van der Waals surface area contributed by atoms with Crippen molar-refractivity contribution in [2.45, 2.75) is 32.9 Å². The Hall–Kier alpha value is -1.46. The number of nitro benzene ring substituents is 1. The van der Waals surface area contributed by atoms with Crippen molar-refractivity contribution in [1.29, 1.82) is 0 Å². The van der Waals surface area contributed by atoms with Crippen LogP contribution >= 0.6 is 0 Å². The highest BCUT2D eigenvalue weighted by molar-refractivity contribution is 5.42. The Morgan fingerprint density at radius 1 is 1.53 bits per heavy atom. The zero-order chi connectivity index (χ0) is 12.8. The minimum Gasteiger partial charge on any atom is -0.392 e. The number of hydrogen-bond donors (Lipinski definition) is 2. The van der Waals surface area contributed by atoms with Crippen LogP contribution < -0.4 is 5.32 Å². The van der Waals surface area contributed by atoms with Gasteiger partial charge in [-0.25, -0.2) is 0 Å². The van der Waals surface area contributed by atoms with Gasteiger partial charge < -0.3 is 10.4 Å². The Labute approximate surface area is 101 Å². The highest BCUT2D eigenvalue weighted by Gasteiger charge is 2.10. The summed E-state index contributed by atoms with van der Waals surface area (Å²) in [6, 6.07) is 5.17. The third-order valence-electron chi connectivity index (χ3n) is 2.65. The molecule has 0 fully saturated rings. The summed E-state index contributed by atoms with van der Waals surface area (Å²) in [7, 11) is 0. The zero-order valence-electron chi connectivity index (χ0n) is 10.1. The fraction of sp³-hybridized carbons (Fsp3) is 0.500. The summed E-state index contributed by atoms with van der Waals surface area (Å²) < 4.78 is 0. The van der Waals surface area contributed by atoms with Gasteiger partial charge in [-0.3, -0.25) is 10.1 Å². The molecule has 17 heavy (non-hydrogen) atoms. The second-order valence-electron chi connectivity index (χ2n) is 4.07. The van der Waals surface area contributed by atoms with Crippen LogP contribution in [0.5, 0.6) is 0 Å². The molecule has 0 saturated heterocycles. The predicted molar refractivity (Wildman–Crippen MR) is 65.8 cm³/mol. The van der Waals surface area contributed by atoms with Gasteiger partial charge in [-0.05, 0) is 18.9 Å². The molecule has 0 aliphatic rings. The molecule has 0 heterocycles. The van der Waals surface area contributed by atoms with E-state index in [0.717, 1.165) is 5.56 Å². The third kappa shape index (κ3) is 4.13.